The fraction of sp³-hybridized carbons (Fsp3) is 0.611. The van der Waals surface area contributed by atoms with E-state index in [1.54, 1.807) is 0 Å². The normalized spacial score (nSPS) is 16.5. The van der Waals surface area contributed by atoms with Crippen LogP contribution in [0.4, 0.5) is 65.9 Å². The van der Waals surface area contributed by atoms with Gasteiger partial charge in [0, 0.05) is 0 Å². The van der Waals surface area contributed by atoms with Gasteiger partial charge in [0.1, 0.15) is 6.61 Å². The lowest BCUT2D eigenvalue weighted by Gasteiger charge is -2.42. The summed E-state index contributed by atoms with van der Waals surface area (Å²) in [5.74, 6) is -50.1. The van der Waals surface area contributed by atoms with Crippen LogP contribution in [0, 0.1) is 0 Å². The minimum atomic E-state index is -8.45. The SMILES string of the molecule is CC(O)(CC(F)(F)C(F)(F)C(F)(F)C(F)(F)C(F)(F)C(F)(F)C(F)(F)F)C(=O)OCc1ccccc1. The Labute approximate surface area is 190 Å². The Kier molecular flexibility index (Phi) is 8.05. The van der Waals surface area contributed by atoms with E-state index in [1.807, 2.05) is 0 Å². The van der Waals surface area contributed by atoms with Gasteiger partial charge in [0.25, 0.3) is 0 Å². The van der Waals surface area contributed by atoms with Crippen LogP contribution >= 0.6 is 0 Å². The first-order valence-electron chi connectivity index (χ1n) is 8.98. The molecule has 1 atom stereocenters. The standard InChI is InChI=1S/C18H13F15O3/c1-11(35,10(34)36-7-9-5-3-2-4-6-9)8-12(19,20)13(21,22)14(23,24)15(25,26)16(27,28)17(29,30)18(31,32)33/h2-6,35H,7-8H2,1H3. The Morgan fingerprint density at radius 3 is 1.50 bits per heavy atom. The Morgan fingerprint density at radius 2 is 1.08 bits per heavy atom. The van der Waals surface area contributed by atoms with Gasteiger partial charge < -0.3 is 9.84 Å². The van der Waals surface area contributed by atoms with Crippen molar-refractivity contribution in [3.63, 3.8) is 0 Å². The molecule has 0 aromatic heterocycles. The van der Waals surface area contributed by atoms with Crippen molar-refractivity contribution in [3.05, 3.63) is 35.9 Å². The number of alkyl halides is 15. The molecule has 0 saturated heterocycles. The molecule has 36 heavy (non-hydrogen) atoms. The van der Waals surface area contributed by atoms with Gasteiger partial charge in [-0.15, -0.1) is 0 Å². The molecule has 0 saturated carbocycles. The van der Waals surface area contributed by atoms with E-state index in [-0.39, 0.29) is 12.5 Å². The predicted molar refractivity (Wildman–Crippen MR) is 87.2 cm³/mol. The molecule has 208 valence electrons. The molecule has 18 heteroatoms. The molecule has 1 unspecified atom stereocenters. The number of esters is 1. The first-order valence-corrected chi connectivity index (χ1v) is 8.98. The van der Waals surface area contributed by atoms with E-state index in [1.165, 1.54) is 30.3 Å². The van der Waals surface area contributed by atoms with E-state index in [4.69, 9.17) is 0 Å². The van der Waals surface area contributed by atoms with Crippen LogP contribution in [-0.2, 0) is 16.1 Å². The van der Waals surface area contributed by atoms with E-state index in [9.17, 15) is 75.8 Å². The number of hydrogen-bond donors (Lipinski definition) is 1. The highest BCUT2D eigenvalue weighted by atomic mass is 19.4. The zero-order valence-corrected chi connectivity index (χ0v) is 17.2. The average Bonchev–Trinajstić information content (AvgIpc) is 2.70. The lowest BCUT2D eigenvalue weighted by molar-refractivity contribution is -0.453. The van der Waals surface area contributed by atoms with Crippen molar-refractivity contribution in [1.82, 2.24) is 0 Å². The molecule has 0 aliphatic heterocycles. The van der Waals surface area contributed by atoms with Crippen LogP contribution < -0.4 is 0 Å². The molecule has 1 N–H and O–H groups in total. The molecule has 0 heterocycles. The summed E-state index contributed by atoms with van der Waals surface area (Å²) in [6.07, 6.45) is -11.0. The topological polar surface area (TPSA) is 46.5 Å². The van der Waals surface area contributed by atoms with Gasteiger partial charge in [-0.1, -0.05) is 30.3 Å². The van der Waals surface area contributed by atoms with E-state index < -0.39 is 66.3 Å². The van der Waals surface area contributed by atoms with Crippen molar-refractivity contribution in [2.45, 2.75) is 67.3 Å². The third kappa shape index (κ3) is 5.04. The fourth-order valence-corrected chi connectivity index (χ4v) is 2.49. The number of ether oxygens (including phenoxy) is 1. The van der Waals surface area contributed by atoms with E-state index >= 15 is 0 Å². The highest BCUT2D eigenvalue weighted by Crippen LogP contribution is 2.63. The predicted octanol–water partition coefficient (Wildman–Crippen LogP) is 6.25. The molecule has 1 rings (SSSR count). The number of aliphatic hydroxyl groups is 1. The van der Waals surface area contributed by atoms with Gasteiger partial charge in [0.15, 0.2) is 5.60 Å². The van der Waals surface area contributed by atoms with Crippen LogP contribution in [-0.4, -0.2) is 58.4 Å². The second kappa shape index (κ2) is 9.16. The van der Waals surface area contributed by atoms with Gasteiger partial charge >= 0.3 is 47.7 Å². The van der Waals surface area contributed by atoms with Crippen LogP contribution in [0.5, 0.6) is 0 Å². The van der Waals surface area contributed by atoms with Crippen LogP contribution in [0.1, 0.15) is 18.9 Å². The molecule has 0 bridgehead atoms. The maximum Gasteiger partial charge on any atom is 0.460 e. The van der Waals surface area contributed by atoms with Gasteiger partial charge in [-0.05, 0) is 12.5 Å². The third-order valence-electron chi connectivity index (χ3n) is 4.61. The quantitative estimate of drug-likeness (QED) is 0.271. The number of carbonyl (C=O) groups is 1. The number of halogens is 15. The summed E-state index contributed by atoms with van der Waals surface area (Å²) < 4.78 is 202. The number of rotatable bonds is 10. The summed E-state index contributed by atoms with van der Waals surface area (Å²) >= 11 is 0. The molecule has 3 nitrogen and oxygen atoms in total. The summed E-state index contributed by atoms with van der Waals surface area (Å²) in [6.45, 7) is -0.891. The summed E-state index contributed by atoms with van der Waals surface area (Å²) in [4.78, 5) is 11.8. The molecule has 1 aromatic rings. The van der Waals surface area contributed by atoms with Gasteiger partial charge in [0.05, 0.1) is 6.42 Å². The van der Waals surface area contributed by atoms with Crippen LogP contribution in [0.25, 0.3) is 0 Å². The summed E-state index contributed by atoms with van der Waals surface area (Å²) in [7, 11) is 0. The second-order valence-electron chi connectivity index (χ2n) is 7.59. The van der Waals surface area contributed by atoms with Crippen molar-refractivity contribution < 1.29 is 80.5 Å². The van der Waals surface area contributed by atoms with Crippen molar-refractivity contribution >= 4 is 5.97 Å². The zero-order valence-electron chi connectivity index (χ0n) is 17.2. The largest absolute Gasteiger partial charge is 0.460 e. The monoisotopic (exact) mass is 562 g/mol. The minimum absolute atomic E-state index is 0.0625. The highest BCUT2D eigenvalue weighted by molar-refractivity contribution is 5.78. The summed E-state index contributed by atoms with van der Waals surface area (Å²) in [5.41, 5.74) is -3.80. The Bertz CT molecular complexity index is 923. The molecule has 0 amide bonds. The minimum Gasteiger partial charge on any atom is -0.459 e. The van der Waals surface area contributed by atoms with Crippen molar-refractivity contribution in [2.24, 2.45) is 0 Å². The molecule has 0 radical (unpaired) electrons. The van der Waals surface area contributed by atoms with Crippen LogP contribution in [0.15, 0.2) is 30.3 Å². The molecule has 0 aliphatic rings. The first-order chi connectivity index (χ1) is 15.7. The maximum absolute atomic E-state index is 14.0. The van der Waals surface area contributed by atoms with Gasteiger partial charge in [-0.3, -0.25) is 0 Å². The van der Waals surface area contributed by atoms with Crippen molar-refractivity contribution in [3.8, 4) is 0 Å². The van der Waals surface area contributed by atoms with Gasteiger partial charge in [-0.25, -0.2) is 4.79 Å². The third-order valence-corrected chi connectivity index (χ3v) is 4.61. The van der Waals surface area contributed by atoms with E-state index in [0.29, 0.717) is 0 Å². The molecule has 0 fully saturated rings. The van der Waals surface area contributed by atoms with Crippen molar-refractivity contribution in [2.75, 3.05) is 0 Å². The first kappa shape index (κ1) is 31.6. The summed E-state index contributed by atoms with van der Waals surface area (Å²) in [6, 6.07) is 6.68. The molecule has 1 aromatic carbocycles. The average molecular weight is 562 g/mol. The van der Waals surface area contributed by atoms with E-state index in [0.717, 1.165) is 0 Å². The molecule has 0 spiro atoms. The fourth-order valence-electron chi connectivity index (χ4n) is 2.49. The highest BCUT2D eigenvalue weighted by Gasteiger charge is 2.93. The Hall–Kier alpha value is -2.40. The maximum atomic E-state index is 14.0. The molecular formula is C18H13F15O3. The Morgan fingerprint density at radius 1 is 0.694 bits per heavy atom. The smallest absolute Gasteiger partial charge is 0.459 e. The zero-order chi connectivity index (χ0) is 28.8. The molecular weight excluding hydrogens is 549 g/mol. The second-order valence-corrected chi connectivity index (χ2v) is 7.59. The van der Waals surface area contributed by atoms with Crippen LogP contribution in [0.2, 0.25) is 0 Å². The van der Waals surface area contributed by atoms with Gasteiger partial charge in [-0.2, -0.15) is 65.9 Å². The van der Waals surface area contributed by atoms with Crippen molar-refractivity contribution in [1.29, 1.82) is 0 Å². The summed E-state index contributed by atoms with van der Waals surface area (Å²) in [5, 5.41) is 9.69. The van der Waals surface area contributed by atoms with Gasteiger partial charge in [0.2, 0.25) is 0 Å². The number of hydrogen-bond acceptors (Lipinski definition) is 3. The van der Waals surface area contributed by atoms with Crippen LogP contribution in [0.3, 0.4) is 0 Å². The van der Waals surface area contributed by atoms with E-state index in [2.05, 4.69) is 4.74 Å². The lowest BCUT2D eigenvalue weighted by Crippen LogP contribution is -2.73. The molecule has 0 aliphatic carbocycles. The Balaban J connectivity index is 3.32. The number of carbonyl (C=O) groups excluding carboxylic acids is 1. The lowest BCUT2D eigenvalue weighted by atomic mass is 9.86. The number of benzene rings is 1.